The number of halogens is 2. The van der Waals surface area contributed by atoms with Gasteiger partial charge in [0.1, 0.15) is 36.4 Å². The van der Waals surface area contributed by atoms with Gasteiger partial charge in [0.2, 0.25) is 0 Å². The highest BCUT2D eigenvalue weighted by Gasteiger charge is 2.60. The number of benzene rings is 6. The molecule has 8 heteroatoms. The second-order valence-corrected chi connectivity index (χ2v) is 14.5. The quantitative estimate of drug-likeness (QED) is 0.0865. The van der Waals surface area contributed by atoms with Crippen LogP contribution in [0.25, 0.3) is 0 Å². The standard InChI is InChI=1S/C50H50F2O6/c1-3-41-30-45(55-32-38-18-10-5-11-19-38)44(29-42(41)28-36-24-26-43(53-2)27-25-36)47-48(56-33-39-20-12-6-13-21-39)49(57-34-40-22-14-7-15-23-40)50(51,52)46(58-47)35-54-31-37-16-8-4-9-17-37/h4-27,29-30,46-49H,3,28,31-35H2,1-2H3/t46-,47+,48+,49-/m1/s1. The Bertz CT molecular complexity index is 2130. The summed E-state index contributed by atoms with van der Waals surface area (Å²) in [5, 5.41) is 0. The summed E-state index contributed by atoms with van der Waals surface area (Å²) >= 11 is 0. The minimum Gasteiger partial charge on any atom is -0.497 e. The van der Waals surface area contributed by atoms with E-state index in [9.17, 15) is 0 Å². The lowest BCUT2D eigenvalue weighted by Crippen LogP contribution is -2.61. The first kappa shape index (κ1) is 40.8. The highest BCUT2D eigenvalue weighted by Crippen LogP contribution is 2.47. The molecule has 0 spiro atoms. The van der Waals surface area contributed by atoms with Crippen LogP contribution >= 0.6 is 0 Å². The maximum Gasteiger partial charge on any atom is 0.304 e. The van der Waals surface area contributed by atoms with Gasteiger partial charge in [0, 0.05) is 5.56 Å². The van der Waals surface area contributed by atoms with Crippen molar-refractivity contribution in [2.45, 2.75) is 76.5 Å². The number of aryl methyl sites for hydroxylation is 1. The molecule has 0 radical (unpaired) electrons. The summed E-state index contributed by atoms with van der Waals surface area (Å²) in [6.07, 6.45) is -4.33. The van der Waals surface area contributed by atoms with Crippen LogP contribution < -0.4 is 9.47 Å². The minimum atomic E-state index is -3.51. The van der Waals surface area contributed by atoms with Crippen LogP contribution in [0.5, 0.6) is 11.5 Å². The molecular weight excluding hydrogens is 735 g/mol. The van der Waals surface area contributed by atoms with E-state index in [0.29, 0.717) is 17.7 Å². The van der Waals surface area contributed by atoms with Crippen LogP contribution in [0.4, 0.5) is 8.78 Å². The summed E-state index contributed by atoms with van der Waals surface area (Å²) in [6, 6.07) is 50.3. The number of methoxy groups -OCH3 is 1. The molecular formula is C50H50F2O6. The smallest absolute Gasteiger partial charge is 0.304 e. The molecule has 0 bridgehead atoms. The van der Waals surface area contributed by atoms with E-state index in [1.54, 1.807) is 7.11 Å². The van der Waals surface area contributed by atoms with Crippen LogP contribution in [-0.2, 0) is 58.2 Å². The van der Waals surface area contributed by atoms with Crippen LogP contribution in [0.1, 0.15) is 57.5 Å². The highest BCUT2D eigenvalue weighted by atomic mass is 19.3. The van der Waals surface area contributed by atoms with E-state index >= 15 is 8.78 Å². The van der Waals surface area contributed by atoms with E-state index in [1.165, 1.54) is 0 Å². The maximum atomic E-state index is 17.2. The Hall–Kier alpha value is -5.38. The Kier molecular flexibility index (Phi) is 14.0. The molecule has 0 amide bonds. The zero-order valence-electron chi connectivity index (χ0n) is 33.0. The third-order valence-corrected chi connectivity index (χ3v) is 10.5. The van der Waals surface area contributed by atoms with E-state index < -0.39 is 30.3 Å². The largest absolute Gasteiger partial charge is 0.497 e. The van der Waals surface area contributed by atoms with Crippen molar-refractivity contribution in [3.8, 4) is 11.5 Å². The van der Waals surface area contributed by atoms with E-state index in [0.717, 1.165) is 51.1 Å². The molecule has 6 nitrogen and oxygen atoms in total. The Morgan fingerprint density at radius 3 is 1.67 bits per heavy atom. The molecule has 300 valence electrons. The Balaban J connectivity index is 1.32. The Morgan fingerprint density at radius 1 is 0.586 bits per heavy atom. The molecule has 1 heterocycles. The summed E-state index contributed by atoms with van der Waals surface area (Å²) in [5.41, 5.74) is 7.21. The van der Waals surface area contributed by atoms with Crippen molar-refractivity contribution in [2.75, 3.05) is 13.7 Å². The fourth-order valence-corrected chi connectivity index (χ4v) is 7.30. The molecule has 0 aromatic heterocycles. The fourth-order valence-electron chi connectivity index (χ4n) is 7.30. The topological polar surface area (TPSA) is 55.4 Å². The van der Waals surface area contributed by atoms with Gasteiger partial charge in [-0.2, -0.15) is 0 Å². The van der Waals surface area contributed by atoms with Gasteiger partial charge in [-0.25, -0.2) is 8.78 Å². The van der Waals surface area contributed by atoms with Gasteiger partial charge < -0.3 is 28.4 Å². The van der Waals surface area contributed by atoms with Crippen molar-refractivity contribution in [2.24, 2.45) is 0 Å². The lowest BCUT2D eigenvalue weighted by atomic mass is 9.86. The summed E-state index contributed by atoms with van der Waals surface area (Å²) in [7, 11) is 1.64. The zero-order chi connectivity index (χ0) is 40.2. The third kappa shape index (κ3) is 10.4. The van der Waals surface area contributed by atoms with Crippen LogP contribution in [0.15, 0.2) is 158 Å². The third-order valence-electron chi connectivity index (χ3n) is 10.5. The van der Waals surface area contributed by atoms with Gasteiger partial charge in [0.15, 0.2) is 6.10 Å². The molecule has 4 atom stereocenters. The number of ether oxygens (including phenoxy) is 6. The molecule has 1 aliphatic rings. The van der Waals surface area contributed by atoms with Crippen molar-refractivity contribution < 1.29 is 37.2 Å². The first-order valence-corrected chi connectivity index (χ1v) is 19.8. The maximum absolute atomic E-state index is 17.2. The van der Waals surface area contributed by atoms with E-state index in [-0.39, 0.29) is 33.0 Å². The monoisotopic (exact) mass is 784 g/mol. The number of hydrogen-bond donors (Lipinski definition) is 0. The molecule has 0 aliphatic carbocycles. The van der Waals surface area contributed by atoms with Crippen molar-refractivity contribution in [1.29, 1.82) is 0 Å². The first-order chi connectivity index (χ1) is 28.4. The van der Waals surface area contributed by atoms with Gasteiger partial charge in [-0.15, -0.1) is 0 Å². The SMILES string of the molecule is CCc1cc(OCc2ccccc2)c([C@@H]2O[C@H](COCc3ccccc3)C(F)(F)[C@H](OCc3ccccc3)[C@H]2OCc2ccccc2)cc1Cc1ccc(OC)cc1. The van der Waals surface area contributed by atoms with Crippen LogP contribution in [-0.4, -0.2) is 38.0 Å². The predicted molar refractivity (Wildman–Crippen MR) is 221 cm³/mol. The van der Waals surface area contributed by atoms with E-state index in [2.05, 4.69) is 6.92 Å². The molecule has 0 unspecified atom stereocenters. The minimum absolute atomic E-state index is 0.0501. The number of hydrogen-bond acceptors (Lipinski definition) is 6. The van der Waals surface area contributed by atoms with Gasteiger partial charge in [0.05, 0.1) is 33.5 Å². The Labute approximate surface area is 340 Å². The summed E-state index contributed by atoms with van der Waals surface area (Å²) < 4.78 is 72.0. The molecule has 1 fully saturated rings. The average molecular weight is 785 g/mol. The summed E-state index contributed by atoms with van der Waals surface area (Å²) in [5.74, 6) is -2.21. The van der Waals surface area contributed by atoms with Gasteiger partial charge in [-0.05, 0) is 76.1 Å². The summed E-state index contributed by atoms with van der Waals surface area (Å²) in [6.45, 7) is 2.16. The molecule has 1 saturated heterocycles. The van der Waals surface area contributed by atoms with Crippen LogP contribution in [0.2, 0.25) is 0 Å². The van der Waals surface area contributed by atoms with Crippen molar-refractivity contribution in [3.05, 3.63) is 202 Å². The lowest BCUT2D eigenvalue weighted by molar-refractivity contribution is -0.320. The van der Waals surface area contributed by atoms with Gasteiger partial charge in [-0.1, -0.05) is 140 Å². The molecule has 6 aromatic carbocycles. The van der Waals surface area contributed by atoms with Gasteiger partial charge >= 0.3 is 5.92 Å². The lowest BCUT2D eigenvalue weighted by Gasteiger charge is -2.46. The number of alkyl halides is 2. The van der Waals surface area contributed by atoms with E-state index in [1.807, 2.05) is 158 Å². The molecule has 1 aliphatic heterocycles. The molecule has 58 heavy (non-hydrogen) atoms. The fraction of sp³-hybridized carbons (Fsp3) is 0.280. The number of rotatable bonds is 18. The molecule has 0 N–H and O–H groups in total. The second-order valence-electron chi connectivity index (χ2n) is 14.5. The normalized spacial score (nSPS) is 18.8. The van der Waals surface area contributed by atoms with Crippen molar-refractivity contribution in [3.63, 3.8) is 0 Å². The Morgan fingerprint density at radius 2 is 1.12 bits per heavy atom. The second kappa shape index (κ2) is 19.9. The molecule has 7 rings (SSSR count). The highest BCUT2D eigenvalue weighted by molar-refractivity contribution is 5.47. The molecule has 6 aromatic rings. The van der Waals surface area contributed by atoms with E-state index in [4.69, 9.17) is 28.4 Å². The summed E-state index contributed by atoms with van der Waals surface area (Å²) in [4.78, 5) is 0. The van der Waals surface area contributed by atoms with Crippen LogP contribution in [0, 0.1) is 0 Å². The van der Waals surface area contributed by atoms with Gasteiger partial charge in [0.25, 0.3) is 0 Å². The zero-order valence-corrected chi connectivity index (χ0v) is 33.0. The van der Waals surface area contributed by atoms with Gasteiger partial charge in [-0.3, -0.25) is 0 Å². The van der Waals surface area contributed by atoms with Crippen molar-refractivity contribution in [1.82, 2.24) is 0 Å². The van der Waals surface area contributed by atoms with Crippen LogP contribution in [0.3, 0.4) is 0 Å². The molecule has 0 saturated carbocycles. The van der Waals surface area contributed by atoms with Crippen molar-refractivity contribution >= 4 is 0 Å². The predicted octanol–water partition coefficient (Wildman–Crippen LogP) is 10.9. The first-order valence-electron chi connectivity index (χ1n) is 19.8. The average Bonchev–Trinajstić information content (AvgIpc) is 3.27.